The predicted molar refractivity (Wildman–Crippen MR) is 510 cm³/mol. The molecule has 0 aliphatic carbocycles. The normalized spacial score (nSPS) is 11.5. The smallest absolute Gasteiger partial charge is 0.223 e. The van der Waals surface area contributed by atoms with Crippen molar-refractivity contribution in [2.75, 3.05) is 34.0 Å². The highest BCUT2D eigenvalue weighted by Crippen LogP contribution is 2.40. The highest BCUT2D eigenvalue weighted by molar-refractivity contribution is 7.22. The lowest BCUT2D eigenvalue weighted by Crippen LogP contribution is -2.07. The summed E-state index contributed by atoms with van der Waals surface area (Å²) in [6.45, 7) is 11.8. The molecule has 0 saturated heterocycles. The molecular formula is C96H81FN28O3S2. The number of thiazole rings is 2. The van der Waals surface area contributed by atoms with Crippen LogP contribution in [0, 0.1) is 5.82 Å². The van der Waals surface area contributed by atoms with E-state index in [4.69, 9.17) is 63.9 Å². The second-order valence-corrected chi connectivity index (χ2v) is 32.9. The van der Waals surface area contributed by atoms with Gasteiger partial charge in [0.2, 0.25) is 5.91 Å². The summed E-state index contributed by atoms with van der Waals surface area (Å²) in [5.41, 5.74) is 52.7. The summed E-state index contributed by atoms with van der Waals surface area (Å²) in [5.74, 6) is 0.616. The van der Waals surface area contributed by atoms with E-state index in [1.165, 1.54) is 67.0 Å². The minimum absolute atomic E-state index is 0.154. The molecule has 0 spiro atoms. The first-order valence-corrected chi connectivity index (χ1v) is 43.4. The predicted octanol–water partition coefficient (Wildman–Crippen LogP) is 17.2. The van der Waals surface area contributed by atoms with Gasteiger partial charge in [0.15, 0.2) is 32.9 Å². The maximum atomic E-state index is 13.9. The van der Waals surface area contributed by atoms with Gasteiger partial charge < -0.3 is 44.2 Å². The highest BCUT2D eigenvalue weighted by atomic mass is 32.1. The van der Waals surface area contributed by atoms with Crippen molar-refractivity contribution in [3.8, 4) is 56.5 Å². The molecule has 0 radical (unpaired) electrons. The quantitative estimate of drug-likeness (QED) is 0.0420. The molecule has 0 saturated carbocycles. The Morgan fingerprint density at radius 1 is 0.354 bits per heavy atom. The number of hydrogen-bond acceptors (Lipinski definition) is 28. The van der Waals surface area contributed by atoms with E-state index in [0.717, 1.165) is 169 Å². The SMILES string of the molecule is CCc1nc2ccccc2cc1Cn1nc(-c2cc(O)cc(F)c2)c2c(N)ncnc21.CCc1nc2ccccc2cc1Cn1nc(-c2ccc3nc(N)sc3c2)c2c(N)ncnc21.CCc1nc2ccccc2cc1Cn1nc(-c2ccc3nc(NC(C)=O)sc3c2)c2c(N)ncnc21.CCc1nc2ccccc2cc1Cn1nc(-c2cccc(O)c2)c2c(N)ncnc21. The number of aromatic nitrogens is 22. The Morgan fingerprint density at radius 2 is 0.692 bits per heavy atom. The number of hydrogen-bond donors (Lipinski definition) is 8. The minimum Gasteiger partial charge on any atom is -0.508 e. The number of amides is 1. The standard InChI is InChI=1S/C26H22N8OS.C24H20N8S.C23H19FN6O.C23H20N6O/c1-3-18-17(10-15-6-4-5-7-19(15)31-18)12-34-25-22(24(27)28-13-29-25)23(33-34)16-8-9-20-21(11-16)36-26(32-20)30-14(2)35;1-2-16-15(9-13-5-3-4-6-17(13)29-16)11-32-23-20(22(25)27-12-28-23)21(31-32)14-7-8-18-19(10-14)33-24(26)30-18;1-2-18-15(7-13-5-3-4-6-19(13)28-18)11-30-23-20(22(25)26-12-27-23)21(29-30)14-8-16(24)10-17(31)9-14;1-2-18-16(10-14-6-3-4-9-19(14)27-18)12-29-23-20(22(24)25-13-26-23)21(28-29)15-7-5-8-17(30)11-15/h4-11,13H,3,12H2,1-2H3,(H2,27,28,29)(H,30,32,35);3-10,12H,2,11H2,1H3,(H2,26,30)(H2,25,27,28);3-10,12,31H,2,11H2,1H3,(H2,25,26,27);3-11,13,30H,2,12H2,1H3,(H2,24,25,26). The number of phenolic OH excluding ortho intramolecular Hbond substituents is 2. The van der Waals surface area contributed by atoms with Crippen LogP contribution in [0.3, 0.4) is 0 Å². The topological polar surface area (TPSA) is 451 Å². The van der Waals surface area contributed by atoms with Gasteiger partial charge >= 0.3 is 0 Å². The molecule has 0 fully saturated rings. The first kappa shape index (κ1) is 83.0. The summed E-state index contributed by atoms with van der Waals surface area (Å²) in [4.78, 5) is 74.2. The van der Waals surface area contributed by atoms with Crippen LogP contribution in [0.5, 0.6) is 11.5 Å². The molecule has 0 unspecified atom stereocenters. The van der Waals surface area contributed by atoms with Gasteiger partial charge in [0, 0.05) is 79.6 Å². The van der Waals surface area contributed by atoms with Crippen molar-refractivity contribution in [2.45, 2.75) is 86.5 Å². The Kier molecular flexibility index (Phi) is 22.4. The molecular weight excluding hydrogens is 1680 g/mol. The van der Waals surface area contributed by atoms with Gasteiger partial charge in [-0.3, -0.25) is 24.7 Å². The van der Waals surface area contributed by atoms with Gasteiger partial charge in [-0.2, -0.15) is 20.4 Å². The molecule has 130 heavy (non-hydrogen) atoms. The number of rotatable bonds is 17. The maximum Gasteiger partial charge on any atom is 0.223 e. The number of phenols is 2. The van der Waals surface area contributed by atoms with Crippen molar-refractivity contribution in [1.29, 1.82) is 0 Å². The second kappa shape index (κ2) is 35.1. The van der Waals surface area contributed by atoms with Crippen molar-refractivity contribution in [2.24, 2.45) is 0 Å². The number of anilines is 6. The van der Waals surface area contributed by atoms with E-state index in [9.17, 15) is 19.4 Å². The van der Waals surface area contributed by atoms with Crippen LogP contribution in [0.4, 0.5) is 37.9 Å². The minimum atomic E-state index is -0.569. The molecule has 14 aromatic heterocycles. The van der Waals surface area contributed by atoms with E-state index < -0.39 is 5.82 Å². The Balaban J connectivity index is 0.000000113. The van der Waals surface area contributed by atoms with Crippen molar-refractivity contribution < 1.29 is 19.4 Å². The number of carbonyl (C=O) groups excluding carboxylic acids is 1. The monoisotopic (exact) mass is 1760 g/mol. The molecule has 0 aliphatic heterocycles. The average Bonchev–Trinajstić information content (AvgIpc) is 1.61. The van der Waals surface area contributed by atoms with Crippen LogP contribution in [0.1, 0.15) is 79.6 Å². The molecule has 0 aliphatic rings. The third-order valence-corrected chi connectivity index (χ3v) is 24.1. The summed E-state index contributed by atoms with van der Waals surface area (Å²) in [6.07, 6.45) is 8.98. The Bertz CT molecular complexity index is 8170. The van der Waals surface area contributed by atoms with Crippen LogP contribution in [0.15, 0.2) is 225 Å². The Morgan fingerprint density at radius 3 is 1.05 bits per heavy atom. The van der Waals surface area contributed by atoms with Gasteiger partial charge in [0.1, 0.15) is 88.7 Å². The lowest BCUT2D eigenvalue weighted by Gasteiger charge is -2.10. The lowest BCUT2D eigenvalue weighted by atomic mass is 10.1. The molecule has 31 nitrogen and oxygen atoms in total. The van der Waals surface area contributed by atoms with Crippen molar-refractivity contribution >= 4 is 170 Å². The number of nitrogens with zero attached hydrogens (tertiary/aromatic N) is 22. The number of pyridine rings is 4. The maximum absolute atomic E-state index is 13.9. The average molecular weight is 1760 g/mol. The van der Waals surface area contributed by atoms with Crippen LogP contribution in [0.25, 0.3) is 153 Å². The molecule has 642 valence electrons. The van der Waals surface area contributed by atoms with Crippen molar-refractivity contribution in [3.05, 3.63) is 276 Å². The number of carbonyl (C=O) groups is 1. The molecule has 22 rings (SSSR count). The summed E-state index contributed by atoms with van der Waals surface area (Å²) in [6, 6.07) is 63.5. The van der Waals surface area contributed by atoms with Gasteiger partial charge in [-0.15, -0.1) is 0 Å². The number of fused-ring (bicyclic) bond motifs is 10. The molecule has 34 heteroatoms. The molecule has 8 aromatic carbocycles. The molecule has 1 amide bonds. The fraction of sp³-hybridized carbons (Fsp3) is 0.135. The van der Waals surface area contributed by atoms with Gasteiger partial charge in [-0.05, 0) is 145 Å². The highest BCUT2D eigenvalue weighted by Gasteiger charge is 2.26. The third-order valence-electron chi connectivity index (χ3n) is 22.3. The summed E-state index contributed by atoms with van der Waals surface area (Å²) < 4.78 is 23.2. The number of nitrogen functional groups attached to an aromatic ring is 5. The fourth-order valence-electron chi connectivity index (χ4n) is 16.3. The Labute approximate surface area is 747 Å². The molecule has 14 heterocycles. The first-order valence-electron chi connectivity index (χ1n) is 41.8. The van der Waals surface area contributed by atoms with E-state index in [2.05, 4.69) is 130 Å². The summed E-state index contributed by atoms with van der Waals surface area (Å²) in [7, 11) is 0. The number of aromatic hydroxyl groups is 2. The number of para-hydroxylation sites is 4. The molecule has 0 bridgehead atoms. The van der Waals surface area contributed by atoms with E-state index in [1.807, 2.05) is 135 Å². The Hall–Kier alpha value is -16.6. The number of nitrogens with two attached hydrogens (primary N) is 5. The third kappa shape index (κ3) is 16.4. The van der Waals surface area contributed by atoms with E-state index >= 15 is 0 Å². The van der Waals surface area contributed by atoms with E-state index in [1.54, 1.807) is 22.9 Å². The second-order valence-electron chi connectivity index (χ2n) is 30.8. The van der Waals surface area contributed by atoms with Crippen LogP contribution in [0.2, 0.25) is 0 Å². The van der Waals surface area contributed by atoms with Crippen LogP contribution >= 0.6 is 22.7 Å². The van der Waals surface area contributed by atoms with Crippen LogP contribution in [-0.2, 0) is 56.7 Å². The largest absolute Gasteiger partial charge is 0.508 e. The van der Waals surface area contributed by atoms with E-state index in [0.29, 0.717) is 115 Å². The zero-order valence-corrected chi connectivity index (χ0v) is 72.4. The van der Waals surface area contributed by atoms with Crippen LogP contribution in [-0.4, -0.2) is 125 Å². The van der Waals surface area contributed by atoms with Crippen molar-refractivity contribution in [1.82, 2.24) is 109 Å². The molecule has 0 atom stereocenters. The lowest BCUT2D eigenvalue weighted by molar-refractivity contribution is -0.114. The molecule has 13 N–H and O–H groups in total. The van der Waals surface area contributed by atoms with Gasteiger partial charge in [-0.1, -0.05) is 147 Å². The van der Waals surface area contributed by atoms with Crippen molar-refractivity contribution in [3.63, 3.8) is 0 Å². The number of benzene rings is 8. The number of aryl methyl sites for hydroxylation is 4. The zero-order chi connectivity index (χ0) is 89.5. The first-order chi connectivity index (χ1) is 63.3. The number of nitrogens with one attached hydrogen (secondary N) is 1. The summed E-state index contributed by atoms with van der Waals surface area (Å²) >= 11 is 2.86. The summed E-state index contributed by atoms with van der Waals surface area (Å²) in [5, 5.41) is 50.0. The fourth-order valence-corrected chi connectivity index (χ4v) is 18.0. The van der Waals surface area contributed by atoms with Crippen LogP contribution < -0.4 is 34.0 Å². The van der Waals surface area contributed by atoms with E-state index in [-0.39, 0.29) is 23.2 Å². The number of halogens is 1. The van der Waals surface area contributed by atoms with Gasteiger partial charge in [0.05, 0.1) is 90.2 Å². The van der Waals surface area contributed by atoms with Gasteiger partial charge in [0.25, 0.3) is 0 Å². The van der Waals surface area contributed by atoms with Gasteiger partial charge in [-0.25, -0.2) is 73.0 Å². The zero-order valence-electron chi connectivity index (χ0n) is 70.7. The molecule has 22 aromatic rings.